The van der Waals surface area contributed by atoms with Gasteiger partial charge in [0.2, 0.25) is 5.66 Å². The molecule has 0 aliphatic carbocycles. The lowest BCUT2D eigenvalue weighted by Gasteiger charge is -2.29. The molecule has 8 N–H and O–H groups in total. The lowest BCUT2D eigenvalue weighted by atomic mass is 10.0. The van der Waals surface area contributed by atoms with Crippen LogP contribution in [0.3, 0.4) is 0 Å². The normalized spacial score (nSPS) is 23.2. The van der Waals surface area contributed by atoms with Gasteiger partial charge < -0.3 is 21.5 Å². The van der Waals surface area contributed by atoms with Crippen molar-refractivity contribution in [3.05, 3.63) is 0 Å². The summed E-state index contributed by atoms with van der Waals surface area (Å²) in [7, 11) is -2.33. The van der Waals surface area contributed by atoms with Gasteiger partial charge in [0, 0.05) is 26.1 Å². The Labute approximate surface area is 130 Å². The molecule has 1 aliphatic heterocycles. The Morgan fingerprint density at radius 2 is 2.32 bits per heavy atom. The maximum atomic E-state index is 12.4. The second-order valence-electron chi connectivity index (χ2n) is 5.26. The number of nitrogens with two attached hydrogens (primary N) is 2. The summed E-state index contributed by atoms with van der Waals surface area (Å²) in [6.45, 7) is 2.47. The fourth-order valence-corrected chi connectivity index (χ4v) is 3.58. The Morgan fingerprint density at radius 1 is 1.64 bits per heavy atom. The van der Waals surface area contributed by atoms with Gasteiger partial charge in [0.1, 0.15) is 6.10 Å². The van der Waals surface area contributed by atoms with E-state index in [-0.39, 0.29) is 12.5 Å². The lowest BCUT2D eigenvalue weighted by Crippen LogP contribution is -2.70. The first-order valence-corrected chi connectivity index (χ1v) is 8.66. The third-order valence-electron chi connectivity index (χ3n) is 3.49. The van der Waals surface area contributed by atoms with Crippen LogP contribution in [0, 0.1) is 0 Å². The summed E-state index contributed by atoms with van der Waals surface area (Å²) < 4.78 is 12.4. The van der Waals surface area contributed by atoms with Crippen LogP contribution in [0.15, 0.2) is 0 Å². The topological polar surface area (TPSA) is 160 Å². The van der Waals surface area contributed by atoms with Crippen LogP contribution in [-0.2, 0) is 14.2 Å². The third-order valence-corrected chi connectivity index (χ3v) is 5.14. The summed E-state index contributed by atoms with van der Waals surface area (Å²) in [6.07, 6.45) is 0.366. The molecule has 0 aromatic carbocycles. The first kappa shape index (κ1) is 18.9. The van der Waals surface area contributed by atoms with Gasteiger partial charge in [0.15, 0.2) is 0 Å². The van der Waals surface area contributed by atoms with Crippen molar-refractivity contribution in [3.8, 4) is 0 Å². The Hall–Kier alpha value is -1.12. The van der Waals surface area contributed by atoms with Gasteiger partial charge in [0.25, 0.3) is 17.5 Å². The predicted octanol–water partition coefficient (Wildman–Crippen LogP) is -1.90. The molecule has 0 spiro atoms. The van der Waals surface area contributed by atoms with Crippen LogP contribution in [0.5, 0.6) is 0 Å². The van der Waals surface area contributed by atoms with Crippen LogP contribution in [0.25, 0.3) is 0 Å². The quantitative estimate of drug-likeness (QED) is 0.223. The van der Waals surface area contributed by atoms with E-state index in [1.54, 1.807) is 0 Å². The Kier molecular flexibility index (Phi) is 7.31. The summed E-state index contributed by atoms with van der Waals surface area (Å²) >= 11 is 0. The highest BCUT2D eigenvalue weighted by atomic mass is 31.1. The number of carbonyl (C=O) groups excluding carboxylic acids is 2. The minimum absolute atomic E-state index is 0.289. The Balaban J connectivity index is 2.85. The molecule has 3 unspecified atom stereocenters. The van der Waals surface area contributed by atoms with Crippen LogP contribution in [-0.4, -0.2) is 54.0 Å². The fraction of sp³-hybridized carbons (Fsp3) is 0.833. The van der Waals surface area contributed by atoms with Crippen LogP contribution in [0.1, 0.15) is 26.2 Å². The summed E-state index contributed by atoms with van der Waals surface area (Å²) in [6, 6.07) is 0. The number of amides is 2. The molecule has 0 radical (unpaired) electrons. The zero-order chi connectivity index (χ0) is 16.8. The molecule has 22 heavy (non-hydrogen) atoms. The highest BCUT2D eigenvalue weighted by molar-refractivity contribution is 7.44. The van der Waals surface area contributed by atoms with E-state index in [1.165, 1.54) is 0 Å². The molecule has 1 heterocycles. The Bertz CT molecular complexity index is 436. The summed E-state index contributed by atoms with van der Waals surface area (Å²) in [5.74, 6) is -1.05. The monoisotopic (exact) mass is 334 g/mol. The van der Waals surface area contributed by atoms with Crippen molar-refractivity contribution in [1.29, 1.82) is 0 Å². The minimum Gasteiger partial charge on any atom is -0.388 e. The summed E-state index contributed by atoms with van der Waals surface area (Å²) in [5.41, 5.74) is 8.52. The molecule has 0 bridgehead atoms. The van der Waals surface area contributed by atoms with E-state index in [2.05, 4.69) is 15.7 Å². The first-order chi connectivity index (χ1) is 10.4. The van der Waals surface area contributed by atoms with E-state index in [9.17, 15) is 19.3 Å². The van der Waals surface area contributed by atoms with Crippen molar-refractivity contribution < 1.29 is 19.3 Å². The van der Waals surface area contributed by atoms with Gasteiger partial charge in [-0.15, -0.1) is 0 Å². The largest absolute Gasteiger partial charge is 0.447 e. The lowest BCUT2D eigenvalue weighted by molar-refractivity contribution is -0.131. The van der Waals surface area contributed by atoms with Gasteiger partial charge in [-0.3, -0.25) is 15.3 Å². The zero-order valence-corrected chi connectivity index (χ0v) is 13.6. The van der Waals surface area contributed by atoms with Crippen LogP contribution < -0.4 is 27.2 Å². The first-order valence-electron chi connectivity index (χ1n) is 7.34. The van der Waals surface area contributed by atoms with Crippen molar-refractivity contribution in [1.82, 2.24) is 15.7 Å². The van der Waals surface area contributed by atoms with Gasteiger partial charge in [-0.05, 0) is 17.4 Å². The van der Waals surface area contributed by atoms with Crippen molar-refractivity contribution in [2.24, 2.45) is 11.5 Å². The Morgan fingerprint density at radius 3 is 2.86 bits per heavy atom. The molecule has 0 aromatic rings. The number of aliphatic hydroxyl groups is 1. The highest BCUT2D eigenvalue weighted by Gasteiger charge is 2.51. The van der Waals surface area contributed by atoms with Crippen molar-refractivity contribution >= 4 is 19.8 Å². The smallest absolute Gasteiger partial charge is 0.388 e. The van der Waals surface area contributed by atoms with Crippen molar-refractivity contribution in [3.63, 3.8) is 0 Å². The number of carbonyl (C=O) groups is 2. The molecule has 1 fully saturated rings. The third kappa shape index (κ3) is 4.44. The zero-order valence-electron chi connectivity index (χ0n) is 12.7. The molecule has 0 aromatic heterocycles. The number of hydrogen-bond donors (Lipinski definition) is 6. The second kappa shape index (κ2) is 8.50. The molecule has 10 heteroatoms. The molecular weight excluding hydrogens is 309 g/mol. The molecule has 4 atom stereocenters. The van der Waals surface area contributed by atoms with E-state index < -0.39 is 31.3 Å². The number of aliphatic hydroxyl groups excluding tert-OH is 1. The van der Waals surface area contributed by atoms with E-state index in [1.807, 2.05) is 6.92 Å². The SMILES string of the molecule is CCCNC(=O)C(N)(N[P+](=O)[C@H]1CCCNC1=O)C(O)CN. The van der Waals surface area contributed by atoms with E-state index >= 15 is 0 Å². The minimum atomic E-state index is -2.33. The molecule has 9 nitrogen and oxygen atoms in total. The average Bonchev–Trinajstić information content (AvgIpc) is 2.51. The summed E-state index contributed by atoms with van der Waals surface area (Å²) in [5, 5.41) is 17.5. The average molecular weight is 334 g/mol. The highest BCUT2D eigenvalue weighted by Crippen LogP contribution is 2.31. The molecule has 1 aliphatic rings. The van der Waals surface area contributed by atoms with Crippen LogP contribution in [0.4, 0.5) is 0 Å². The number of rotatable bonds is 8. The van der Waals surface area contributed by atoms with Crippen LogP contribution >= 0.6 is 7.95 Å². The number of nitrogens with one attached hydrogen (secondary N) is 3. The molecule has 1 rings (SSSR count). The maximum absolute atomic E-state index is 12.4. The second-order valence-corrected chi connectivity index (χ2v) is 6.76. The van der Waals surface area contributed by atoms with Crippen molar-refractivity contribution in [2.45, 2.75) is 43.6 Å². The number of hydrogen-bond acceptors (Lipinski definition) is 6. The van der Waals surface area contributed by atoms with Gasteiger partial charge in [0.05, 0.1) is 0 Å². The number of piperidine rings is 1. The van der Waals surface area contributed by atoms with E-state index in [0.717, 1.165) is 0 Å². The molecule has 2 amide bonds. The standard InChI is InChI=1S/C12H24N5O4P/c1-2-5-16-11(20)12(14,9(18)7-13)17-22(21)8-4-3-6-15-10(8)19/h8-9,18H,2-7,13-14H2,1H3,(H2-,15,16,17,19,20,21)/p+1/t8-,9?,12?/m0/s1. The molecular formula is C12H25N5O4P+. The molecule has 0 saturated carbocycles. The van der Waals surface area contributed by atoms with Gasteiger partial charge in [-0.25, -0.2) is 0 Å². The van der Waals surface area contributed by atoms with Gasteiger partial charge in [-0.2, -0.15) is 0 Å². The fourth-order valence-electron chi connectivity index (χ4n) is 2.09. The molecule has 1 saturated heterocycles. The summed E-state index contributed by atoms with van der Waals surface area (Å²) in [4.78, 5) is 23.9. The molecule has 126 valence electrons. The van der Waals surface area contributed by atoms with E-state index in [4.69, 9.17) is 11.5 Å². The van der Waals surface area contributed by atoms with Gasteiger partial charge >= 0.3 is 7.95 Å². The van der Waals surface area contributed by atoms with Gasteiger partial charge in [-0.1, -0.05) is 12.0 Å². The van der Waals surface area contributed by atoms with Crippen molar-refractivity contribution in [2.75, 3.05) is 19.6 Å². The van der Waals surface area contributed by atoms with E-state index in [0.29, 0.717) is 32.4 Å². The predicted molar refractivity (Wildman–Crippen MR) is 82.1 cm³/mol. The maximum Gasteiger partial charge on any atom is 0.447 e. The van der Waals surface area contributed by atoms with Crippen LogP contribution in [0.2, 0.25) is 0 Å².